The minimum absolute atomic E-state index is 0.110. The monoisotopic (exact) mass is 377 g/mol. The van der Waals surface area contributed by atoms with Crippen LogP contribution in [0, 0.1) is 0 Å². The lowest BCUT2D eigenvalue weighted by atomic mass is 9.85. The van der Waals surface area contributed by atoms with E-state index < -0.39 is 0 Å². The lowest BCUT2D eigenvalue weighted by Gasteiger charge is -2.20. The summed E-state index contributed by atoms with van der Waals surface area (Å²) in [5, 5.41) is 3.79. The van der Waals surface area contributed by atoms with Crippen molar-refractivity contribution in [1.82, 2.24) is 0 Å². The molecule has 2 aromatic rings. The molecule has 1 aromatic carbocycles. The van der Waals surface area contributed by atoms with Crippen LogP contribution < -0.4 is 5.32 Å². The zero-order chi connectivity index (χ0) is 18.2. The summed E-state index contributed by atoms with van der Waals surface area (Å²) in [5.41, 5.74) is 1.77. The summed E-state index contributed by atoms with van der Waals surface area (Å²) < 4.78 is 5.25. The Bertz CT molecular complexity index is 841. The van der Waals surface area contributed by atoms with Gasteiger partial charge in [0.25, 0.3) is 5.91 Å². The summed E-state index contributed by atoms with van der Waals surface area (Å²) in [4.78, 5) is 26.3. The molecule has 0 spiro atoms. The third-order valence-electron chi connectivity index (χ3n) is 4.46. The van der Waals surface area contributed by atoms with Gasteiger partial charge in [0, 0.05) is 4.88 Å². The topological polar surface area (TPSA) is 55.4 Å². The van der Waals surface area contributed by atoms with Crippen molar-refractivity contribution in [2.75, 3.05) is 11.9 Å². The number of nitrogens with one attached hydrogen (secondary N) is 1. The number of anilines is 1. The van der Waals surface area contributed by atoms with Crippen molar-refractivity contribution in [3.63, 3.8) is 0 Å². The van der Waals surface area contributed by atoms with Crippen molar-refractivity contribution < 1.29 is 14.3 Å². The summed E-state index contributed by atoms with van der Waals surface area (Å²) in [6.07, 6.45) is 1.89. The Morgan fingerprint density at radius 2 is 2.04 bits per heavy atom. The van der Waals surface area contributed by atoms with Crippen LogP contribution in [0.1, 0.15) is 58.3 Å². The number of aryl methyl sites for hydroxylation is 1. The highest BCUT2D eigenvalue weighted by molar-refractivity contribution is 7.17. The molecule has 1 amide bonds. The highest BCUT2D eigenvalue weighted by Crippen LogP contribution is 2.48. The number of benzene rings is 1. The molecule has 1 aliphatic carbocycles. The number of halogens is 1. The largest absolute Gasteiger partial charge is 0.462 e. The van der Waals surface area contributed by atoms with Crippen molar-refractivity contribution in [2.24, 2.45) is 0 Å². The third-order valence-corrected chi connectivity index (χ3v) is 5.95. The van der Waals surface area contributed by atoms with Crippen LogP contribution >= 0.6 is 22.9 Å². The van der Waals surface area contributed by atoms with Crippen LogP contribution in [0.2, 0.25) is 5.02 Å². The molecule has 0 fully saturated rings. The Kier molecular flexibility index (Phi) is 4.89. The molecule has 1 aliphatic rings. The molecule has 4 nitrogen and oxygen atoms in total. The molecular formula is C19H20ClNO3S. The first kappa shape index (κ1) is 18.0. The molecular weight excluding hydrogens is 358 g/mol. The second-order valence-electron chi connectivity index (χ2n) is 6.64. The lowest BCUT2D eigenvalue weighted by Crippen LogP contribution is -2.20. The average Bonchev–Trinajstić information content (AvgIpc) is 3.05. The van der Waals surface area contributed by atoms with Gasteiger partial charge in [-0.1, -0.05) is 37.6 Å². The van der Waals surface area contributed by atoms with Crippen LogP contribution in [-0.2, 0) is 16.6 Å². The standard InChI is InChI=1S/C19H20ClNO3S/c1-4-24-18(23)14-15-13(9-10-19(15,2)3)25-17(14)21-16(22)11-7-5-6-8-12(11)20/h5-8H,4,9-10H2,1-3H3,(H,21,22). The Balaban J connectivity index is 2.01. The molecule has 0 radical (unpaired) electrons. The maximum atomic E-state index is 12.6. The number of carbonyl (C=O) groups is 2. The van der Waals surface area contributed by atoms with Gasteiger partial charge in [-0.15, -0.1) is 11.3 Å². The predicted molar refractivity (Wildman–Crippen MR) is 101 cm³/mol. The van der Waals surface area contributed by atoms with E-state index in [1.165, 1.54) is 11.3 Å². The van der Waals surface area contributed by atoms with E-state index in [4.69, 9.17) is 16.3 Å². The zero-order valence-electron chi connectivity index (χ0n) is 14.4. The Labute approximate surface area is 156 Å². The molecule has 1 aromatic heterocycles. The maximum absolute atomic E-state index is 12.6. The summed E-state index contributed by atoms with van der Waals surface area (Å²) in [7, 11) is 0. The molecule has 0 atom stereocenters. The number of hydrogen-bond acceptors (Lipinski definition) is 4. The molecule has 25 heavy (non-hydrogen) atoms. The Morgan fingerprint density at radius 1 is 1.32 bits per heavy atom. The predicted octanol–water partition coefficient (Wildman–Crippen LogP) is 5.05. The molecule has 3 rings (SSSR count). The number of hydrogen-bond donors (Lipinski definition) is 1. The van der Waals surface area contributed by atoms with E-state index in [1.807, 2.05) is 0 Å². The number of ether oxygens (including phenoxy) is 1. The second kappa shape index (κ2) is 6.81. The summed E-state index contributed by atoms with van der Waals surface area (Å²) in [6.45, 7) is 6.31. The van der Waals surface area contributed by atoms with Gasteiger partial charge in [0.1, 0.15) is 5.00 Å². The first-order chi connectivity index (χ1) is 11.8. The summed E-state index contributed by atoms with van der Waals surface area (Å²) in [6, 6.07) is 6.85. The molecule has 1 N–H and O–H groups in total. The average molecular weight is 378 g/mol. The maximum Gasteiger partial charge on any atom is 0.341 e. The van der Waals surface area contributed by atoms with E-state index in [1.54, 1.807) is 31.2 Å². The highest BCUT2D eigenvalue weighted by Gasteiger charge is 2.39. The van der Waals surface area contributed by atoms with E-state index in [2.05, 4.69) is 19.2 Å². The van der Waals surface area contributed by atoms with Crippen LogP contribution in [0.25, 0.3) is 0 Å². The quantitative estimate of drug-likeness (QED) is 0.758. The van der Waals surface area contributed by atoms with Gasteiger partial charge >= 0.3 is 5.97 Å². The number of amides is 1. The molecule has 0 aliphatic heterocycles. The normalized spacial score (nSPS) is 14.9. The van der Waals surface area contributed by atoms with Gasteiger partial charge < -0.3 is 10.1 Å². The van der Waals surface area contributed by atoms with Crippen LogP contribution in [0.5, 0.6) is 0 Å². The summed E-state index contributed by atoms with van der Waals surface area (Å²) in [5.74, 6) is -0.710. The van der Waals surface area contributed by atoms with Gasteiger partial charge in [0.2, 0.25) is 0 Å². The minimum Gasteiger partial charge on any atom is -0.462 e. The van der Waals surface area contributed by atoms with Crippen molar-refractivity contribution in [2.45, 2.75) is 39.0 Å². The Hall–Kier alpha value is -1.85. The van der Waals surface area contributed by atoms with Crippen molar-refractivity contribution in [1.29, 1.82) is 0 Å². The van der Waals surface area contributed by atoms with Gasteiger partial charge in [0.15, 0.2) is 0 Å². The van der Waals surface area contributed by atoms with Gasteiger partial charge in [-0.3, -0.25) is 4.79 Å². The molecule has 1 heterocycles. The van der Waals surface area contributed by atoms with Crippen molar-refractivity contribution in [3.05, 3.63) is 50.9 Å². The molecule has 0 saturated carbocycles. The number of rotatable bonds is 4. The second-order valence-corrected chi connectivity index (χ2v) is 8.16. The smallest absolute Gasteiger partial charge is 0.341 e. The van der Waals surface area contributed by atoms with Crippen LogP contribution in [0.3, 0.4) is 0 Å². The fraction of sp³-hybridized carbons (Fsp3) is 0.368. The molecule has 6 heteroatoms. The number of carbonyl (C=O) groups excluding carboxylic acids is 2. The zero-order valence-corrected chi connectivity index (χ0v) is 16.0. The van der Waals surface area contributed by atoms with E-state index in [0.717, 1.165) is 23.3 Å². The SMILES string of the molecule is CCOC(=O)c1c(NC(=O)c2ccccc2Cl)sc2c1C(C)(C)CC2. The molecule has 132 valence electrons. The first-order valence-corrected chi connectivity index (χ1v) is 9.43. The van der Waals surface area contributed by atoms with Gasteiger partial charge in [-0.05, 0) is 42.9 Å². The molecule has 0 unspecified atom stereocenters. The van der Waals surface area contributed by atoms with E-state index in [9.17, 15) is 9.59 Å². The number of esters is 1. The number of fused-ring (bicyclic) bond motifs is 1. The highest BCUT2D eigenvalue weighted by atomic mass is 35.5. The van der Waals surface area contributed by atoms with Crippen molar-refractivity contribution in [3.8, 4) is 0 Å². The van der Waals surface area contributed by atoms with Crippen LogP contribution in [0.4, 0.5) is 5.00 Å². The third kappa shape index (κ3) is 3.31. The fourth-order valence-corrected chi connectivity index (χ4v) is 4.81. The lowest BCUT2D eigenvalue weighted by molar-refractivity contribution is 0.0525. The first-order valence-electron chi connectivity index (χ1n) is 8.24. The van der Waals surface area contributed by atoms with E-state index in [0.29, 0.717) is 27.8 Å². The number of thiophene rings is 1. The van der Waals surface area contributed by atoms with Crippen LogP contribution in [-0.4, -0.2) is 18.5 Å². The molecule has 0 saturated heterocycles. The van der Waals surface area contributed by atoms with Gasteiger partial charge in [0.05, 0.1) is 22.8 Å². The van der Waals surface area contributed by atoms with E-state index in [-0.39, 0.29) is 17.3 Å². The Morgan fingerprint density at radius 3 is 2.72 bits per heavy atom. The van der Waals surface area contributed by atoms with E-state index >= 15 is 0 Å². The summed E-state index contributed by atoms with van der Waals surface area (Å²) >= 11 is 7.57. The fourth-order valence-electron chi connectivity index (χ4n) is 3.22. The van der Waals surface area contributed by atoms with Crippen LogP contribution in [0.15, 0.2) is 24.3 Å². The van der Waals surface area contributed by atoms with Crippen molar-refractivity contribution >= 4 is 39.8 Å². The van der Waals surface area contributed by atoms with Gasteiger partial charge in [-0.25, -0.2) is 4.79 Å². The molecule has 0 bridgehead atoms. The minimum atomic E-state index is -0.385. The van der Waals surface area contributed by atoms with Gasteiger partial charge in [-0.2, -0.15) is 0 Å².